The predicted octanol–water partition coefficient (Wildman–Crippen LogP) is 7.12. The summed E-state index contributed by atoms with van der Waals surface area (Å²) in [6.07, 6.45) is 2.56. The third-order valence-electron chi connectivity index (χ3n) is 4.49. The van der Waals surface area contributed by atoms with Gasteiger partial charge in [0.25, 0.3) is 0 Å². The Morgan fingerprint density at radius 1 is 0.481 bits per heavy atom. The SMILES string of the molecule is c1ccc(N=Nc2ccc(N=Nc3ccc(N4CCCC4)cc3)cc2)cc1. The molecule has 5 nitrogen and oxygen atoms in total. The van der Waals surface area contributed by atoms with Gasteiger partial charge in [0.2, 0.25) is 0 Å². The molecule has 0 saturated carbocycles. The number of nitrogens with zero attached hydrogens (tertiary/aromatic N) is 5. The third-order valence-corrected chi connectivity index (χ3v) is 4.49. The summed E-state index contributed by atoms with van der Waals surface area (Å²) >= 11 is 0. The van der Waals surface area contributed by atoms with Crippen LogP contribution in [0.5, 0.6) is 0 Å². The molecule has 4 rings (SSSR count). The molecular weight excluding hydrogens is 334 g/mol. The lowest BCUT2D eigenvalue weighted by atomic mass is 10.2. The molecule has 0 aliphatic carbocycles. The minimum absolute atomic E-state index is 0.785. The van der Waals surface area contributed by atoms with Gasteiger partial charge in [-0.25, -0.2) is 0 Å². The van der Waals surface area contributed by atoms with Gasteiger partial charge >= 0.3 is 0 Å². The molecule has 0 aromatic heterocycles. The molecule has 1 aliphatic heterocycles. The fourth-order valence-corrected chi connectivity index (χ4v) is 3.02. The predicted molar refractivity (Wildman–Crippen MR) is 109 cm³/mol. The minimum Gasteiger partial charge on any atom is -0.372 e. The Labute approximate surface area is 159 Å². The average molecular weight is 355 g/mol. The molecule has 1 fully saturated rings. The molecule has 27 heavy (non-hydrogen) atoms. The van der Waals surface area contributed by atoms with Crippen LogP contribution in [0.4, 0.5) is 28.4 Å². The highest BCUT2D eigenvalue weighted by Crippen LogP contribution is 2.26. The molecule has 1 aliphatic rings. The summed E-state index contributed by atoms with van der Waals surface area (Å²) in [5.74, 6) is 0. The topological polar surface area (TPSA) is 52.7 Å². The molecule has 0 N–H and O–H groups in total. The maximum Gasteiger partial charge on any atom is 0.0858 e. The van der Waals surface area contributed by atoms with Gasteiger partial charge in [0.1, 0.15) is 0 Å². The average Bonchev–Trinajstić information content (AvgIpc) is 3.28. The summed E-state index contributed by atoms with van der Waals surface area (Å²) in [5.41, 5.74) is 4.52. The molecular formula is C22H21N5. The van der Waals surface area contributed by atoms with E-state index in [9.17, 15) is 0 Å². The molecule has 0 amide bonds. The van der Waals surface area contributed by atoms with Crippen molar-refractivity contribution in [2.75, 3.05) is 18.0 Å². The first-order chi connectivity index (χ1) is 13.4. The lowest BCUT2D eigenvalue weighted by molar-refractivity contribution is 0.949. The van der Waals surface area contributed by atoms with Crippen molar-refractivity contribution in [2.24, 2.45) is 20.5 Å². The van der Waals surface area contributed by atoms with Gasteiger partial charge in [0, 0.05) is 18.8 Å². The van der Waals surface area contributed by atoms with Crippen molar-refractivity contribution in [3.63, 3.8) is 0 Å². The number of hydrogen-bond acceptors (Lipinski definition) is 5. The first-order valence-corrected chi connectivity index (χ1v) is 9.20. The zero-order valence-corrected chi connectivity index (χ0v) is 15.1. The van der Waals surface area contributed by atoms with Gasteiger partial charge in [-0.05, 0) is 73.5 Å². The van der Waals surface area contributed by atoms with E-state index >= 15 is 0 Å². The molecule has 134 valence electrons. The van der Waals surface area contributed by atoms with Crippen LogP contribution >= 0.6 is 0 Å². The van der Waals surface area contributed by atoms with E-state index in [0.717, 1.165) is 35.8 Å². The first kappa shape index (κ1) is 17.1. The van der Waals surface area contributed by atoms with Crippen molar-refractivity contribution in [3.8, 4) is 0 Å². The molecule has 0 radical (unpaired) electrons. The Hall–Kier alpha value is -3.34. The maximum absolute atomic E-state index is 4.32. The summed E-state index contributed by atoms with van der Waals surface area (Å²) in [6.45, 7) is 2.30. The lowest BCUT2D eigenvalue weighted by Crippen LogP contribution is -2.17. The van der Waals surface area contributed by atoms with Crippen molar-refractivity contribution >= 4 is 28.4 Å². The van der Waals surface area contributed by atoms with Crippen molar-refractivity contribution < 1.29 is 0 Å². The number of benzene rings is 3. The molecule has 0 atom stereocenters. The van der Waals surface area contributed by atoms with E-state index in [1.54, 1.807) is 0 Å². The van der Waals surface area contributed by atoms with E-state index in [2.05, 4.69) is 37.5 Å². The number of hydrogen-bond donors (Lipinski definition) is 0. The van der Waals surface area contributed by atoms with Crippen LogP contribution in [0, 0.1) is 0 Å². The Morgan fingerprint density at radius 3 is 1.37 bits per heavy atom. The number of azo groups is 2. The van der Waals surface area contributed by atoms with Crippen LogP contribution < -0.4 is 4.90 Å². The van der Waals surface area contributed by atoms with Gasteiger partial charge in [-0.15, -0.1) is 0 Å². The van der Waals surface area contributed by atoms with Crippen LogP contribution in [0.3, 0.4) is 0 Å². The Kier molecular flexibility index (Phi) is 5.29. The van der Waals surface area contributed by atoms with Crippen LogP contribution in [-0.2, 0) is 0 Å². The standard InChI is InChI=1S/C22H21N5/c1-2-6-18(7-3-1)23-24-19-8-10-20(11-9-19)25-26-21-12-14-22(15-13-21)27-16-4-5-17-27/h1-3,6-15H,4-5,16-17H2. The van der Waals surface area contributed by atoms with Crippen molar-refractivity contribution in [3.05, 3.63) is 78.9 Å². The minimum atomic E-state index is 0.785. The highest BCUT2D eigenvalue weighted by Gasteiger charge is 2.11. The van der Waals surface area contributed by atoms with Crippen LogP contribution in [0.15, 0.2) is 99.3 Å². The van der Waals surface area contributed by atoms with Crippen molar-refractivity contribution in [1.82, 2.24) is 0 Å². The van der Waals surface area contributed by atoms with Crippen molar-refractivity contribution in [2.45, 2.75) is 12.8 Å². The van der Waals surface area contributed by atoms with Crippen LogP contribution in [0.25, 0.3) is 0 Å². The highest BCUT2D eigenvalue weighted by atomic mass is 15.1. The first-order valence-electron chi connectivity index (χ1n) is 9.20. The Bertz CT molecular complexity index is 909. The van der Waals surface area contributed by atoms with Gasteiger partial charge in [-0.1, -0.05) is 18.2 Å². The van der Waals surface area contributed by atoms with Crippen molar-refractivity contribution in [1.29, 1.82) is 0 Å². The summed E-state index contributed by atoms with van der Waals surface area (Å²) < 4.78 is 0. The van der Waals surface area contributed by atoms with E-state index in [-0.39, 0.29) is 0 Å². The largest absolute Gasteiger partial charge is 0.372 e. The van der Waals surface area contributed by atoms with E-state index in [0.29, 0.717) is 0 Å². The quantitative estimate of drug-likeness (QED) is 0.450. The Balaban J connectivity index is 1.38. The monoisotopic (exact) mass is 355 g/mol. The summed E-state index contributed by atoms with van der Waals surface area (Å²) in [5, 5.41) is 17.1. The molecule has 0 unspecified atom stereocenters. The molecule has 0 bridgehead atoms. The zero-order chi connectivity index (χ0) is 18.3. The van der Waals surface area contributed by atoms with E-state index in [4.69, 9.17) is 0 Å². The van der Waals surface area contributed by atoms with E-state index in [1.807, 2.05) is 66.7 Å². The number of anilines is 1. The Morgan fingerprint density at radius 2 is 0.889 bits per heavy atom. The second-order valence-corrected chi connectivity index (χ2v) is 6.46. The maximum atomic E-state index is 4.32. The molecule has 0 spiro atoms. The van der Waals surface area contributed by atoms with Gasteiger partial charge in [0.05, 0.1) is 22.7 Å². The number of rotatable bonds is 5. The van der Waals surface area contributed by atoms with E-state index in [1.165, 1.54) is 18.5 Å². The van der Waals surface area contributed by atoms with Gasteiger partial charge in [-0.3, -0.25) is 0 Å². The third kappa shape index (κ3) is 4.64. The molecule has 3 aromatic carbocycles. The van der Waals surface area contributed by atoms with Crippen LogP contribution in [0.1, 0.15) is 12.8 Å². The molecule has 3 aromatic rings. The van der Waals surface area contributed by atoms with Crippen LogP contribution in [0.2, 0.25) is 0 Å². The summed E-state index contributed by atoms with van der Waals surface area (Å²) in [4.78, 5) is 2.41. The smallest absolute Gasteiger partial charge is 0.0858 e. The lowest BCUT2D eigenvalue weighted by Gasteiger charge is -2.17. The normalized spacial score (nSPS) is 14.4. The molecule has 1 saturated heterocycles. The van der Waals surface area contributed by atoms with Crippen LogP contribution in [-0.4, -0.2) is 13.1 Å². The van der Waals surface area contributed by atoms with Gasteiger partial charge in [0.15, 0.2) is 0 Å². The highest BCUT2D eigenvalue weighted by molar-refractivity contribution is 5.53. The van der Waals surface area contributed by atoms with Gasteiger partial charge < -0.3 is 4.90 Å². The molecule has 1 heterocycles. The summed E-state index contributed by atoms with van der Waals surface area (Å²) in [7, 11) is 0. The zero-order valence-electron chi connectivity index (χ0n) is 15.1. The van der Waals surface area contributed by atoms with Gasteiger partial charge in [-0.2, -0.15) is 20.5 Å². The summed E-state index contributed by atoms with van der Waals surface area (Å²) in [6, 6.07) is 25.5. The molecule has 5 heteroatoms. The second-order valence-electron chi connectivity index (χ2n) is 6.46. The fourth-order valence-electron chi connectivity index (χ4n) is 3.02. The van der Waals surface area contributed by atoms with E-state index < -0.39 is 0 Å². The second kappa shape index (κ2) is 8.36. The fraction of sp³-hybridized carbons (Fsp3) is 0.182.